The van der Waals surface area contributed by atoms with E-state index in [4.69, 9.17) is 9.47 Å². The van der Waals surface area contributed by atoms with E-state index in [1.165, 1.54) is 13.2 Å². The van der Waals surface area contributed by atoms with Gasteiger partial charge < -0.3 is 14.2 Å². The molecule has 0 radical (unpaired) electrons. The molecule has 21 heavy (non-hydrogen) atoms. The van der Waals surface area contributed by atoms with E-state index in [-0.39, 0.29) is 19.0 Å². The van der Waals surface area contributed by atoms with E-state index >= 15 is 0 Å². The lowest BCUT2D eigenvalue weighted by atomic mass is 10.2. The monoisotopic (exact) mass is 290 g/mol. The van der Waals surface area contributed by atoms with E-state index in [9.17, 15) is 9.18 Å². The zero-order valence-electron chi connectivity index (χ0n) is 11.5. The summed E-state index contributed by atoms with van der Waals surface area (Å²) in [7, 11) is 1.33. The van der Waals surface area contributed by atoms with Crippen molar-refractivity contribution < 1.29 is 23.4 Å². The number of para-hydroxylation sites is 1. The van der Waals surface area contributed by atoms with Crippen LogP contribution < -0.4 is 9.47 Å². The van der Waals surface area contributed by atoms with E-state index in [1.54, 1.807) is 42.5 Å². The first kappa shape index (κ1) is 14.8. The SMILES string of the molecule is COC(=O)c1ccc(OCCOc2ccccc2F)cc1. The summed E-state index contributed by atoms with van der Waals surface area (Å²) in [5.41, 5.74) is 0.451. The van der Waals surface area contributed by atoms with Crippen LogP contribution in [0, 0.1) is 5.82 Å². The van der Waals surface area contributed by atoms with Gasteiger partial charge in [0.1, 0.15) is 19.0 Å². The van der Waals surface area contributed by atoms with Crippen LogP contribution in [0.5, 0.6) is 11.5 Å². The van der Waals surface area contributed by atoms with Crippen LogP contribution in [0.15, 0.2) is 48.5 Å². The number of hydrogen-bond acceptors (Lipinski definition) is 4. The number of ether oxygens (including phenoxy) is 3. The van der Waals surface area contributed by atoms with Crippen LogP contribution in [0.4, 0.5) is 4.39 Å². The molecule has 0 amide bonds. The van der Waals surface area contributed by atoms with E-state index in [1.807, 2.05) is 0 Å². The molecule has 0 bridgehead atoms. The van der Waals surface area contributed by atoms with Crippen LogP contribution in [-0.4, -0.2) is 26.3 Å². The van der Waals surface area contributed by atoms with Gasteiger partial charge in [0.2, 0.25) is 0 Å². The first-order valence-corrected chi connectivity index (χ1v) is 6.39. The highest BCUT2D eigenvalue weighted by molar-refractivity contribution is 5.89. The van der Waals surface area contributed by atoms with Crippen LogP contribution in [0.1, 0.15) is 10.4 Å². The highest BCUT2D eigenvalue weighted by Gasteiger charge is 2.05. The van der Waals surface area contributed by atoms with Gasteiger partial charge in [-0.05, 0) is 36.4 Å². The summed E-state index contributed by atoms with van der Waals surface area (Å²) in [6.07, 6.45) is 0. The third-order valence-electron chi connectivity index (χ3n) is 2.72. The van der Waals surface area contributed by atoms with Crippen LogP contribution in [0.2, 0.25) is 0 Å². The summed E-state index contributed by atoms with van der Waals surface area (Å²) in [5, 5.41) is 0. The summed E-state index contributed by atoms with van der Waals surface area (Å²) in [6.45, 7) is 0.492. The lowest BCUT2D eigenvalue weighted by molar-refractivity contribution is 0.0600. The Balaban J connectivity index is 1.79. The Kier molecular flexibility index (Phi) is 5.15. The maximum atomic E-state index is 13.3. The number of halogens is 1. The molecular formula is C16H15FO4. The maximum Gasteiger partial charge on any atom is 0.337 e. The standard InChI is InChI=1S/C16H15FO4/c1-19-16(18)12-6-8-13(9-7-12)20-10-11-21-15-5-3-2-4-14(15)17/h2-9H,10-11H2,1H3. The normalized spacial score (nSPS) is 10.0. The summed E-state index contributed by atoms with van der Waals surface area (Å²) in [4.78, 5) is 11.3. The second-order valence-corrected chi connectivity index (χ2v) is 4.14. The Morgan fingerprint density at radius 2 is 1.67 bits per heavy atom. The van der Waals surface area contributed by atoms with Gasteiger partial charge in [-0.15, -0.1) is 0 Å². The second-order valence-electron chi connectivity index (χ2n) is 4.14. The van der Waals surface area contributed by atoms with Crippen LogP contribution >= 0.6 is 0 Å². The Labute approximate surface area is 122 Å². The van der Waals surface area contributed by atoms with E-state index < -0.39 is 11.8 Å². The molecule has 0 aromatic heterocycles. The Hall–Kier alpha value is -2.56. The van der Waals surface area contributed by atoms with Gasteiger partial charge in [-0.3, -0.25) is 0 Å². The van der Waals surface area contributed by atoms with Crippen LogP contribution in [0.3, 0.4) is 0 Å². The van der Waals surface area contributed by atoms with E-state index in [2.05, 4.69) is 4.74 Å². The molecule has 0 heterocycles. The summed E-state index contributed by atoms with van der Waals surface area (Å²) >= 11 is 0. The number of benzene rings is 2. The van der Waals surface area contributed by atoms with Crippen LogP contribution in [-0.2, 0) is 4.74 Å². The number of hydrogen-bond donors (Lipinski definition) is 0. The first-order chi connectivity index (χ1) is 10.2. The van der Waals surface area contributed by atoms with Gasteiger partial charge in [-0.2, -0.15) is 0 Å². The number of esters is 1. The molecule has 0 aliphatic carbocycles. The quantitative estimate of drug-likeness (QED) is 0.606. The van der Waals surface area contributed by atoms with Crippen molar-refractivity contribution in [1.82, 2.24) is 0 Å². The lowest BCUT2D eigenvalue weighted by Gasteiger charge is -2.09. The minimum atomic E-state index is -0.403. The number of carbonyl (C=O) groups excluding carboxylic acids is 1. The second kappa shape index (κ2) is 7.28. The molecule has 2 aromatic rings. The molecule has 0 aliphatic rings. The lowest BCUT2D eigenvalue weighted by Crippen LogP contribution is -2.10. The van der Waals surface area contributed by atoms with Crippen molar-refractivity contribution in [2.75, 3.05) is 20.3 Å². The molecule has 0 spiro atoms. The molecule has 2 aromatic carbocycles. The molecule has 0 fully saturated rings. The van der Waals surface area contributed by atoms with Gasteiger partial charge in [-0.1, -0.05) is 12.1 Å². The number of carbonyl (C=O) groups is 1. The zero-order valence-corrected chi connectivity index (χ0v) is 11.5. The van der Waals surface area contributed by atoms with Crippen LogP contribution in [0.25, 0.3) is 0 Å². The fourth-order valence-electron chi connectivity index (χ4n) is 1.68. The van der Waals surface area contributed by atoms with Crippen molar-refractivity contribution >= 4 is 5.97 Å². The molecule has 0 N–H and O–H groups in total. The zero-order chi connectivity index (χ0) is 15.1. The maximum absolute atomic E-state index is 13.3. The van der Waals surface area contributed by atoms with Gasteiger partial charge in [0, 0.05) is 0 Å². The highest BCUT2D eigenvalue weighted by Crippen LogP contribution is 2.16. The summed E-state index contributed by atoms with van der Waals surface area (Å²) in [5.74, 6) is -0.00806. The molecule has 5 heteroatoms. The fraction of sp³-hybridized carbons (Fsp3) is 0.188. The van der Waals surface area contributed by atoms with Gasteiger partial charge in [0.25, 0.3) is 0 Å². The third-order valence-corrected chi connectivity index (χ3v) is 2.72. The average molecular weight is 290 g/mol. The molecule has 4 nitrogen and oxygen atoms in total. The summed E-state index contributed by atoms with van der Waals surface area (Å²) in [6, 6.07) is 12.7. The Bertz CT molecular complexity index is 595. The van der Waals surface area contributed by atoms with Gasteiger partial charge in [0.05, 0.1) is 12.7 Å². The molecule has 0 aliphatic heterocycles. The average Bonchev–Trinajstić information content (AvgIpc) is 2.53. The minimum absolute atomic E-state index is 0.196. The van der Waals surface area contributed by atoms with Gasteiger partial charge >= 0.3 is 5.97 Å². The molecule has 0 unspecified atom stereocenters. The topological polar surface area (TPSA) is 44.8 Å². The minimum Gasteiger partial charge on any atom is -0.490 e. The van der Waals surface area contributed by atoms with Gasteiger partial charge in [0.15, 0.2) is 11.6 Å². The van der Waals surface area contributed by atoms with Crippen molar-refractivity contribution in [2.24, 2.45) is 0 Å². The third kappa shape index (κ3) is 4.21. The number of methoxy groups -OCH3 is 1. The Morgan fingerprint density at radius 3 is 2.33 bits per heavy atom. The van der Waals surface area contributed by atoms with Crippen molar-refractivity contribution in [1.29, 1.82) is 0 Å². The number of rotatable bonds is 6. The predicted octanol–water partition coefficient (Wildman–Crippen LogP) is 3.07. The Morgan fingerprint density at radius 1 is 1.00 bits per heavy atom. The largest absolute Gasteiger partial charge is 0.490 e. The molecule has 0 atom stereocenters. The smallest absolute Gasteiger partial charge is 0.337 e. The first-order valence-electron chi connectivity index (χ1n) is 6.39. The molecule has 2 rings (SSSR count). The van der Waals surface area contributed by atoms with Crippen molar-refractivity contribution in [2.45, 2.75) is 0 Å². The molecule has 0 saturated carbocycles. The van der Waals surface area contributed by atoms with E-state index in [0.717, 1.165) is 0 Å². The van der Waals surface area contributed by atoms with Crippen molar-refractivity contribution in [3.8, 4) is 11.5 Å². The predicted molar refractivity (Wildman–Crippen MR) is 75.2 cm³/mol. The fourth-order valence-corrected chi connectivity index (χ4v) is 1.68. The summed E-state index contributed by atoms with van der Waals surface area (Å²) < 4.78 is 28.6. The van der Waals surface area contributed by atoms with E-state index in [0.29, 0.717) is 11.3 Å². The molecule has 110 valence electrons. The highest BCUT2D eigenvalue weighted by atomic mass is 19.1. The molecular weight excluding hydrogens is 275 g/mol. The van der Waals surface area contributed by atoms with Crippen molar-refractivity contribution in [3.63, 3.8) is 0 Å². The van der Waals surface area contributed by atoms with Gasteiger partial charge in [-0.25, -0.2) is 9.18 Å². The molecule has 0 saturated heterocycles. The van der Waals surface area contributed by atoms with Crippen molar-refractivity contribution in [3.05, 3.63) is 59.9 Å².